The Morgan fingerprint density at radius 3 is 2.50 bits per heavy atom. The van der Waals surface area contributed by atoms with Crippen molar-refractivity contribution in [3.8, 4) is 0 Å². The van der Waals surface area contributed by atoms with E-state index in [-0.39, 0.29) is 16.2 Å². The van der Waals surface area contributed by atoms with Crippen LogP contribution in [0.5, 0.6) is 0 Å². The lowest BCUT2D eigenvalue weighted by molar-refractivity contribution is -0.123. The van der Waals surface area contributed by atoms with E-state index in [0.717, 1.165) is 12.0 Å². The molecule has 126 valence electrons. The summed E-state index contributed by atoms with van der Waals surface area (Å²) in [6.07, 6.45) is 2.66. The Bertz CT molecular complexity index is 760. The fourth-order valence-electron chi connectivity index (χ4n) is 3.46. The van der Waals surface area contributed by atoms with Gasteiger partial charge in [0.15, 0.2) is 5.11 Å². The predicted octanol–water partition coefficient (Wildman–Crippen LogP) is 2.32. The Kier molecular flexibility index (Phi) is 3.95. The van der Waals surface area contributed by atoms with E-state index in [1.807, 2.05) is 6.07 Å². The van der Waals surface area contributed by atoms with E-state index in [1.165, 1.54) is 11.3 Å². The number of amides is 2. The van der Waals surface area contributed by atoms with Crippen molar-refractivity contribution in [3.05, 3.63) is 34.9 Å². The summed E-state index contributed by atoms with van der Waals surface area (Å²) in [5.74, 6) is -0.522. The average Bonchev–Trinajstić information content (AvgIpc) is 2.48. The summed E-state index contributed by atoms with van der Waals surface area (Å²) in [6.45, 7) is 6.69. The van der Waals surface area contributed by atoms with Gasteiger partial charge in [-0.05, 0) is 67.7 Å². The molecule has 24 heavy (non-hydrogen) atoms. The first-order valence-corrected chi connectivity index (χ1v) is 8.36. The first-order valence-electron chi connectivity index (χ1n) is 7.95. The van der Waals surface area contributed by atoms with E-state index < -0.39 is 11.8 Å². The van der Waals surface area contributed by atoms with E-state index >= 15 is 0 Å². The number of nitrogens with one attached hydrogen (secondary N) is 2. The minimum absolute atomic E-state index is 0.0464. The second-order valence-corrected chi connectivity index (χ2v) is 7.50. The topological polar surface area (TPSA) is 61.4 Å². The molecule has 1 aromatic carbocycles. The second kappa shape index (κ2) is 5.70. The van der Waals surface area contributed by atoms with Crippen LogP contribution in [0.1, 0.15) is 44.2 Å². The van der Waals surface area contributed by atoms with E-state index in [4.69, 9.17) is 12.2 Å². The van der Waals surface area contributed by atoms with Gasteiger partial charge in [0.1, 0.15) is 5.57 Å². The van der Waals surface area contributed by atoms with Gasteiger partial charge in [-0.25, -0.2) is 0 Å². The molecule has 1 aromatic rings. The molecular weight excluding hydrogens is 322 g/mol. The monoisotopic (exact) mass is 343 g/mol. The average molecular weight is 343 g/mol. The predicted molar refractivity (Wildman–Crippen MR) is 98.8 cm³/mol. The van der Waals surface area contributed by atoms with Crippen LogP contribution in [0.2, 0.25) is 0 Å². The van der Waals surface area contributed by atoms with Crippen LogP contribution < -0.4 is 15.5 Å². The first kappa shape index (κ1) is 16.6. The summed E-state index contributed by atoms with van der Waals surface area (Å²) in [4.78, 5) is 26.2. The van der Waals surface area contributed by atoms with Gasteiger partial charge in [-0.1, -0.05) is 13.0 Å². The van der Waals surface area contributed by atoms with Gasteiger partial charge in [0.25, 0.3) is 11.8 Å². The number of fused-ring (bicyclic) bond motifs is 1. The summed E-state index contributed by atoms with van der Waals surface area (Å²) >= 11 is 4.81. The van der Waals surface area contributed by atoms with Gasteiger partial charge in [0, 0.05) is 18.3 Å². The van der Waals surface area contributed by atoms with Crippen molar-refractivity contribution < 1.29 is 9.59 Å². The lowest BCUT2D eigenvalue weighted by Gasteiger charge is -2.45. The highest BCUT2D eigenvalue weighted by atomic mass is 32.1. The largest absolute Gasteiger partial charge is 0.369 e. The molecule has 0 saturated carbocycles. The molecule has 0 unspecified atom stereocenters. The third kappa shape index (κ3) is 2.82. The molecule has 5 nitrogen and oxygen atoms in total. The molecule has 0 aromatic heterocycles. The van der Waals surface area contributed by atoms with Crippen molar-refractivity contribution in [2.24, 2.45) is 0 Å². The van der Waals surface area contributed by atoms with Gasteiger partial charge in [-0.2, -0.15) is 0 Å². The Labute approximate surface area is 147 Å². The van der Waals surface area contributed by atoms with Crippen LogP contribution in [-0.2, 0) is 9.59 Å². The molecule has 0 bridgehead atoms. The van der Waals surface area contributed by atoms with Crippen molar-refractivity contribution in [1.82, 2.24) is 10.6 Å². The number of carbonyl (C=O) groups excluding carboxylic acids is 2. The third-order valence-corrected chi connectivity index (χ3v) is 5.12. The van der Waals surface area contributed by atoms with Crippen molar-refractivity contribution in [3.63, 3.8) is 0 Å². The maximum atomic E-state index is 12.0. The minimum atomic E-state index is -0.465. The van der Waals surface area contributed by atoms with Crippen LogP contribution in [-0.4, -0.2) is 29.5 Å². The van der Waals surface area contributed by atoms with Gasteiger partial charge in [-0.15, -0.1) is 0 Å². The van der Waals surface area contributed by atoms with Gasteiger partial charge in [0.2, 0.25) is 0 Å². The number of hydrogen-bond acceptors (Lipinski definition) is 4. The Hall–Kier alpha value is -2.21. The molecule has 0 radical (unpaired) electrons. The summed E-state index contributed by atoms with van der Waals surface area (Å²) in [7, 11) is 2.10. The van der Waals surface area contributed by atoms with E-state index in [1.54, 1.807) is 6.08 Å². The highest BCUT2D eigenvalue weighted by Gasteiger charge is 2.34. The Balaban J connectivity index is 1.99. The van der Waals surface area contributed by atoms with Gasteiger partial charge in [-0.3, -0.25) is 20.2 Å². The quantitative estimate of drug-likeness (QED) is 0.467. The molecule has 2 amide bonds. The molecule has 2 heterocycles. The highest BCUT2D eigenvalue weighted by Crippen LogP contribution is 2.42. The molecule has 2 aliphatic heterocycles. The number of carbonyl (C=O) groups is 2. The fourth-order valence-corrected chi connectivity index (χ4v) is 3.64. The number of rotatable bonds is 1. The van der Waals surface area contributed by atoms with Crippen LogP contribution >= 0.6 is 12.2 Å². The summed E-state index contributed by atoms with van der Waals surface area (Å²) in [5, 5.41) is 4.95. The zero-order chi connectivity index (χ0) is 17.6. The summed E-state index contributed by atoms with van der Waals surface area (Å²) < 4.78 is 0. The summed E-state index contributed by atoms with van der Waals surface area (Å²) in [5.41, 5.74) is 3.44. The maximum Gasteiger partial charge on any atom is 0.263 e. The normalized spacial score (nSPS) is 22.7. The number of nitrogens with zero attached hydrogens (tertiary/aromatic N) is 1. The van der Waals surface area contributed by atoms with Crippen molar-refractivity contribution in [2.45, 2.75) is 38.6 Å². The number of anilines is 1. The maximum absolute atomic E-state index is 12.0. The molecule has 1 saturated heterocycles. The molecule has 2 aliphatic rings. The summed E-state index contributed by atoms with van der Waals surface area (Å²) in [6, 6.07) is 6.05. The molecule has 6 heteroatoms. The zero-order valence-electron chi connectivity index (χ0n) is 14.3. The van der Waals surface area contributed by atoms with Crippen molar-refractivity contribution in [2.75, 3.05) is 11.9 Å². The molecule has 1 fully saturated rings. The van der Waals surface area contributed by atoms with Crippen LogP contribution in [0.4, 0.5) is 5.69 Å². The zero-order valence-corrected chi connectivity index (χ0v) is 15.1. The third-order valence-electron chi connectivity index (χ3n) is 4.91. The number of thiocarbonyl (C=S) groups is 1. The molecule has 0 spiro atoms. The highest BCUT2D eigenvalue weighted by molar-refractivity contribution is 7.80. The van der Waals surface area contributed by atoms with E-state index in [2.05, 4.69) is 55.5 Å². The molecular formula is C18H21N3O2S. The first-order chi connectivity index (χ1) is 11.2. The van der Waals surface area contributed by atoms with Crippen molar-refractivity contribution in [1.29, 1.82) is 0 Å². The van der Waals surface area contributed by atoms with Gasteiger partial charge >= 0.3 is 0 Å². The SMILES string of the molecule is C[C@H]1CC(C)(C)N(C)c2ccc(C=C3C(=O)NC(=S)NC3=O)cc21. The van der Waals surface area contributed by atoms with Crippen LogP contribution in [0.15, 0.2) is 23.8 Å². The molecule has 1 atom stereocenters. The van der Waals surface area contributed by atoms with Gasteiger partial charge < -0.3 is 4.90 Å². The van der Waals surface area contributed by atoms with Crippen LogP contribution in [0, 0.1) is 0 Å². The number of hydrogen-bond donors (Lipinski definition) is 2. The molecule has 0 aliphatic carbocycles. The lowest BCUT2D eigenvalue weighted by atomic mass is 9.80. The van der Waals surface area contributed by atoms with Crippen molar-refractivity contribution >= 4 is 40.9 Å². The minimum Gasteiger partial charge on any atom is -0.369 e. The Morgan fingerprint density at radius 2 is 1.88 bits per heavy atom. The Morgan fingerprint density at radius 1 is 1.25 bits per heavy atom. The molecule has 3 rings (SSSR count). The smallest absolute Gasteiger partial charge is 0.263 e. The lowest BCUT2D eigenvalue weighted by Crippen LogP contribution is -2.51. The van der Waals surface area contributed by atoms with Gasteiger partial charge in [0.05, 0.1) is 0 Å². The van der Waals surface area contributed by atoms with E-state index in [9.17, 15) is 9.59 Å². The molecule has 2 N–H and O–H groups in total. The van der Waals surface area contributed by atoms with E-state index in [0.29, 0.717) is 5.92 Å². The van der Waals surface area contributed by atoms with Crippen LogP contribution in [0.25, 0.3) is 6.08 Å². The second-order valence-electron chi connectivity index (χ2n) is 7.09. The standard InChI is InChI=1S/C18H21N3O2S/c1-10-9-18(2,3)21(4)14-6-5-11(7-12(10)14)8-13-15(22)19-17(24)20-16(13)23/h5-8,10H,9H2,1-4H3,(H2,19,20,22,23,24)/t10-/m0/s1. The van der Waals surface area contributed by atoms with Crippen LogP contribution in [0.3, 0.4) is 0 Å². The number of benzene rings is 1. The fraction of sp³-hybridized carbons (Fsp3) is 0.389.